The highest BCUT2D eigenvalue weighted by molar-refractivity contribution is 6.30. The monoisotopic (exact) mass is 278 g/mol. The molecule has 0 radical (unpaired) electrons. The second kappa shape index (κ2) is 5.91. The van der Waals surface area contributed by atoms with E-state index in [1.165, 1.54) is 0 Å². The van der Waals surface area contributed by atoms with Crippen molar-refractivity contribution in [2.75, 3.05) is 5.32 Å². The normalized spacial score (nSPS) is 10.5. The third kappa shape index (κ3) is 3.16. The number of hydrogen-bond donors (Lipinski definition) is 3. The van der Waals surface area contributed by atoms with E-state index < -0.39 is 0 Å². The van der Waals surface area contributed by atoms with Gasteiger partial charge in [-0.05, 0) is 31.2 Å². The molecule has 0 atom stereocenters. The van der Waals surface area contributed by atoms with Gasteiger partial charge in [-0.2, -0.15) is 0 Å². The van der Waals surface area contributed by atoms with Crippen molar-refractivity contribution in [1.29, 1.82) is 0 Å². The van der Waals surface area contributed by atoms with Crippen molar-refractivity contribution in [3.05, 3.63) is 52.3 Å². The van der Waals surface area contributed by atoms with E-state index in [2.05, 4.69) is 10.3 Å². The SMILES string of the molecule is Cc1ncc(CO)c(CNc2ccc(Cl)cc2)c1O. The van der Waals surface area contributed by atoms with Crippen LogP contribution >= 0.6 is 11.6 Å². The minimum absolute atomic E-state index is 0.119. The number of aliphatic hydroxyl groups is 1. The number of aromatic nitrogens is 1. The minimum Gasteiger partial charge on any atom is -0.506 e. The van der Waals surface area contributed by atoms with Crippen molar-refractivity contribution in [2.45, 2.75) is 20.1 Å². The van der Waals surface area contributed by atoms with Crippen LogP contribution in [0.4, 0.5) is 5.69 Å². The lowest BCUT2D eigenvalue weighted by Gasteiger charge is -2.13. The molecule has 0 amide bonds. The number of pyridine rings is 1. The standard InChI is InChI=1S/C14H15ClN2O2/c1-9-14(19)13(10(8-18)6-16-9)7-17-12-4-2-11(15)3-5-12/h2-6,17-19H,7-8H2,1H3. The largest absolute Gasteiger partial charge is 0.506 e. The Morgan fingerprint density at radius 2 is 1.95 bits per heavy atom. The number of benzene rings is 1. The first-order chi connectivity index (χ1) is 9.11. The van der Waals surface area contributed by atoms with Crippen LogP contribution in [0.5, 0.6) is 5.75 Å². The van der Waals surface area contributed by atoms with Gasteiger partial charge in [0.05, 0.1) is 12.3 Å². The van der Waals surface area contributed by atoms with Crippen LogP contribution < -0.4 is 5.32 Å². The molecule has 0 aliphatic heterocycles. The van der Waals surface area contributed by atoms with Gasteiger partial charge in [0.2, 0.25) is 0 Å². The van der Waals surface area contributed by atoms with Crippen molar-refractivity contribution in [3.8, 4) is 5.75 Å². The van der Waals surface area contributed by atoms with Crippen molar-refractivity contribution in [3.63, 3.8) is 0 Å². The smallest absolute Gasteiger partial charge is 0.142 e. The zero-order valence-corrected chi connectivity index (χ0v) is 11.3. The van der Waals surface area contributed by atoms with Crippen LogP contribution in [-0.4, -0.2) is 15.2 Å². The van der Waals surface area contributed by atoms with Gasteiger partial charge in [-0.1, -0.05) is 11.6 Å². The number of rotatable bonds is 4. The van der Waals surface area contributed by atoms with Crippen molar-refractivity contribution in [1.82, 2.24) is 4.98 Å². The van der Waals surface area contributed by atoms with E-state index in [9.17, 15) is 10.2 Å². The summed E-state index contributed by atoms with van der Waals surface area (Å²) in [7, 11) is 0. The van der Waals surface area contributed by atoms with Crippen molar-refractivity contribution >= 4 is 17.3 Å². The molecule has 0 saturated carbocycles. The van der Waals surface area contributed by atoms with E-state index in [0.717, 1.165) is 5.69 Å². The van der Waals surface area contributed by atoms with E-state index in [-0.39, 0.29) is 12.4 Å². The predicted octanol–water partition coefficient (Wildman–Crippen LogP) is 2.85. The fourth-order valence-electron chi connectivity index (χ4n) is 1.78. The Balaban J connectivity index is 2.19. The van der Waals surface area contributed by atoms with Crippen LogP contribution in [0, 0.1) is 6.92 Å². The molecule has 1 aromatic carbocycles. The van der Waals surface area contributed by atoms with Crippen LogP contribution in [0.15, 0.2) is 30.5 Å². The van der Waals surface area contributed by atoms with Crippen LogP contribution in [0.25, 0.3) is 0 Å². The van der Waals surface area contributed by atoms with Gasteiger partial charge in [0.15, 0.2) is 0 Å². The summed E-state index contributed by atoms with van der Waals surface area (Å²) in [6.07, 6.45) is 1.58. The summed E-state index contributed by atoms with van der Waals surface area (Å²) in [6.45, 7) is 1.98. The van der Waals surface area contributed by atoms with Gasteiger partial charge in [0, 0.05) is 34.6 Å². The number of aromatic hydroxyl groups is 1. The molecular formula is C14H15ClN2O2. The maximum absolute atomic E-state index is 10.00. The maximum Gasteiger partial charge on any atom is 0.142 e. The number of anilines is 1. The highest BCUT2D eigenvalue weighted by Crippen LogP contribution is 2.25. The van der Waals surface area contributed by atoms with Gasteiger partial charge >= 0.3 is 0 Å². The molecule has 100 valence electrons. The van der Waals surface area contributed by atoms with Crippen LogP contribution in [0.3, 0.4) is 0 Å². The number of nitrogens with zero attached hydrogens (tertiary/aromatic N) is 1. The Kier molecular flexibility index (Phi) is 4.24. The Hall–Kier alpha value is -1.78. The molecule has 2 rings (SSSR count). The molecule has 0 aliphatic carbocycles. The van der Waals surface area contributed by atoms with Crippen molar-refractivity contribution < 1.29 is 10.2 Å². The molecule has 1 heterocycles. The summed E-state index contributed by atoms with van der Waals surface area (Å²) < 4.78 is 0. The average Bonchev–Trinajstić information content (AvgIpc) is 2.42. The molecular weight excluding hydrogens is 264 g/mol. The Morgan fingerprint density at radius 1 is 1.26 bits per heavy atom. The van der Waals surface area contributed by atoms with Gasteiger partial charge in [0.25, 0.3) is 0 Å². The number of halogens is 1. The molecule has 3 N–H and O–H groups in total. The zero-order valence-electron chi connectivity index (χ0n) is 10.5. The van der Waals surface area contributed by atoms with E-state index in [0.29, 0.717) is 28.4 Å². The zero-order chi connectivity index (χ0) is 13.8. The van der Waals surface area contributed by atoms with Gasteiger partial charge in [-0.3, -0.25) is 4.98 Å². The lowest BCUT2D eigenvalue weighted by atomic mass is 10.1. The van der Waals surface area contributed by atoms with E-state index in [1.54, 1.807) is 25.3 Å². The van der Waals surface area contributed by atoms with E-state index in [1.807, 2.05) is 12.1 Å². The fourth-order valence-corrected chi connectivity index (χ4v) is 1.90. The summed E-state index contributed by atoms with van der Waals surface area (Å²) in [5.74, 6) is 0.119. The molecule has 0 bridgehead atoms. The first-order valence-corrected chi connectivity index (χ1v) is 6.26. The number of nitrogens with one attached hydrogen (secondary N) is 1. The predicted molar refractivity (Wildman–Crippen MR) is 75.3 cm³/mol. The van der Waals surface area contributed by atoms with Gasteiger partial charge in [0.1, 0.15) is 5.75 Å². The second-order valence-electron chi connectivity index (χ2n) is 4.21. The first-order valence-electron chi connectivity index (χ1n) is 5.88. The van der Waals surface area contributed by atoms with E-state index in [4.69, 9.17) is 11.6 Å². The summed E-state index contributed by atoms with van der Waals surface area (Å²) in [5.41, 5.74) is 2.71. The highest BCUT2D eigenvalue weighted by atomic mass is 35.5. The number of hydrogen-bond acceptors (Lipinski definition) is 4. The molecule has 0 fully saturated rings. The summed E-state index contributed by atoms with van der Waals surface area (Å²) in [6, 6.07) is 7.28. The molecule has 19 heavy (non-hydrogen) atoms. The van der Waals surface area contributed by atoms with Gasteiger partial charge < -0.3 is 15.5 Å². The molecule has 2 aromatic rings. The van der Waals surface area contributed by atoms with Gasteiger partial charge in [-0.15, -0.1) is 0 Å². The van der Waals surface area contributed by atoms with Crippen molar-refractivity contribution in [2.24, 2.45) is 0 Å². The lowest BCUT2D eigenvalue weighted by Crippen LogP contribution is -2.05. The second-order valence-corrected chi connectivity index (χ2v) is 4.65. The summed E-state index contributed by atoms with van der Waals surface area (Å²) in [4.78, 5) is 4.02. The summed E-state index contributed by atoms with van der Waals surface area (Å²) in [5, 5.41) is 23.1. The molecule has 0 unspecified atom stereocenters. The number of aliphatic hydroxyl groups excluding tert-OH is 1. The molecule has 4 nitrogen and oxygen atoms in total. The maximum atomic E-state index is 10.00. The third-order valence-electron chi connectivity index (χ3n) is 2.91. The van der Waals surface area contributed by atoms with Gasteiger partial charge in [-0.25, -0.2) is 0 Å². The average molecular weight is 279 g/mol. The Labute approximate surface area is 116 Å². The molecule has 5 heteroatoms. The molecule has 1 aromatic heterocycles. The fraction of sp³-hybridized carbons (Fsp3) is 0.214. The third-order valence-corrected chi connectivity index (χ3v) is 3.17. The van der Waals surface area contributed by atoms with Crippen LogP contribution in [0.2, 0.25) is 5.02 Å². The Bertz CT molecular complexity index is 570. The minimum atomic E-state index is -0.154. The van der Waals surface area contributed by atoms with E-state index >= 15 is 0 Å². The molecule has 0 spiro atoms. The van der Waals surface area contributed by atoms with Crippen LogP contribution in [0.1, 0.15) is 16.8 Å². The Morgan fingerprint density at radius 3 is 2.58 bits per heavy atom. The topological polar surface area (TPSA) is 65.4 Å². The molecule has 0 saturated heterocycles. The molecule has 0 aliphatic rings. The van der Waals surface area contributed by atoms with Crippen LogP contribution in [-0.2, 0) is 13.2 Å². The lowest BCUT2D eigenvalue weighted by molar-refractivity contribution is 0.279. The number of aryl methyl sites for hydroxylation is 1. The summed E-state index contributed by atoms with van der Waals surface area (Å²) >= 11 is 5.81. The highest BCUT2D eigenvalue weighted by Gasteiger charge is 2.10. The first kappa shape index (κ1) is 13.6. The quantitative estimate of drug-likeness (QED) is 0.805.